The van der Waals surface area contributed by atoms with Gasteiger partial charge in [-0.25, -0.2) is 0 Å². The molecular weight excluding hydrogens is 308 g/mol. The van der Waals surface area contributed by atoms with Gasteiger partial charge >= 0.3 is 0 Å². The number of ether oxygens (including phenoxy) is 1. The van der Waals surface area contributed by atoms with Gasteiger partial charge in [0.25, 0.3) is 0 Å². The van der Waals surface area contributed by atoms with Crippen LogP contribution in [-0.2, 0) is 9.53 Å². The molecule has 0 fully saturated rings. The Balaban J connectivity index is 2.58. The maximum Gasteiger partial charge on any atom is 0.247 e. The zero-order chi connectivity index (χ0) is 14.3. The van der Waals surface area contributed by atoms with Crippen molar-refractivity contribution in [3.63, 3.8) is 0 Å². The number of halogens is 1. The first-order valence-corrected chi connectivity index (χ1v) is 6.92. The predicted molar refractivity (Wildman–Crippen MR) is 76.3 cm³/mol. The third kappa shape index (κ3) is 5.41. The molecule has 1 aromatic rings. The zero-order valence-electron chi connectivity index (χ0n) is 11.0. The standard InChI is InChI=1S/C14H17BrN2O2/c1-3-10(2)19-9-14(18)17-13(8-16)11-5-4-6-12(15)7-11/h4-7,10,13H,3,9H2,1-2H3,(H,17,18). The van der Waals surface area contributed by atoms with Gasteiger partial charge in [0, 0.05) is 4.47 Å². The highest BCUT2D eigenvalue weighted by molar-refractivity contribution is 9.10. The normalized spacial score (nSPS) is 13.4. The molecule has 1 aromatic carbocycles. The second kappa shape index (κ2) is 7.93. The molecule has 1 rings (SSSR count). The smallest absolute Gasteiger partial charge is 0.247 e. The van der Waals surface area contributed by atoms with E-state index in [0.29, 0.717) is 0 Å². The van der Waals surface area contributed by atoms with Gasteiger partial charge in [-0.05, 0) is 31.0 Å². The second-order valence-corrected chi connectivity index (χ2v) is 5.13. The number of nitrogens with one attached hydrogen (secondary N) is 1. The minimum absolute atomic E-state index is 0.0266. The van der Waals surface area contributed by atoms with Crippen molar-refractivity contribution in [2.75, 3.05) is 6.61 Å². The Bertz CT molecular complexity index is 471. The Labute approximate surface area is 121 Å². The van der Waals surface area contributed by atoms with Crippen LogP contribution in [0.15, 0.2) is 28.7 Å². The van der Waals surface area contributed by atoms with Gasteiger partial charge in [-0.2, -0.15) is 5.26 Å². The molecule has 0 saturated carbocycles. The molecule has 102 valence electrons. The quantitative estimate of drug-likeness (QED) is 0.875. The molecule has 5 heteroatoms. The average molecular weight is 325 g/mol. The lowest BCUT2D eigenvalue weighted by Crippen LogP contribution is -2.32. The fraction of sp³-hybridized carbons (Fsp3) is 0.429. The highest BCUT2D eigenvalue weighted by atomic mass is 79.9. The van der Waals surface area contributed by atoms with Crippen molar-refractivity contribution in [3.8, 4) is 6.07 Å². The number of carbonyl (C=O) groups excluding carboxylic acids is 1. The number of nitriles is 1. The van der Waals surface area contributed by atoms with E-state index in [1.54, 1.807) is 6.07 Å². The van der Waals surface area contributed by atoms with Crippen molar-refractivity contribution in [1.82, 2.24) is 5.32 Å². The number of rotatable bonds is 6. The van der Waals surface area contributed by atoms with Gasteiger partial charge < -0.3 is 10.1 Å². The number of hydrogen-bond donors (Lipinski definition) is 1. The van der Waals surface area contributed by atoms with Crippen molar-refractivity contribution >= 4 is 21.8 Å². The Kier molecular flexibility index (Phi) is 6.54. The van der Waals surface area contributed by atoms with E-state index >= 15 is 0 Å². The van der Waals surface area contributed by atoms with Crippen LogP contribution in [0.2, 0.25) is 0 Å². The van der Waals surface area contributed by atoms with E-state index in [-0.39, 0.29) is 18.6 Å². The largest absolute Gasteiger partial charge is 0.369 e. The van der Waals surface area contributed by atoms with E-state index in [9.17, 15) is 4.79 Å². The number of hydrogen-bond acceptors (Lipinski definition) is 3. The van der Waals surface area contributed by atoms with E-state index in [1.165, 1.54) is 0 Å². The van der Waals surface area contributed by atoms with Gasteiger partial charge in [-0.15, -0.1) is 0 Å². The summed E-state index contributed by atoms with van der Waals surface area (Å²) in [7, 11) is 0. The summed E-state index contributed by atoms with van der Waals surface area (Å²) in [6.07, 6.45) is 0.887. The molecule has 2 atom stereocenters. The lowest BCUT2D eigenvalue weighted by Gasteiger charge is -2.14. The van der Waals surface area contributed by atoms with E-state index in [0.717, 1.165) is 16.5 Å². The number of amides is 1. The number of benzene rings is 1. The van der Waals surface area contributed by atoms with Crippen molar-refractivity contribution < 1.29 is 9.53 Å². The van der Waals surface area contributed by atoms with Crippen LogP contribution in [0.5, 0.6) is 0 Å². The summed E-state index contributed by atoms with van der Waals surface area (Å²) in [4.78, 5) is 11.7. The van der Waals surface area contributed by atoms with Crippen molar-refractivity contribution in [1.29, 1.82) is 5.26 Å². The predicted octanol–water partition coefficient (Wildman–Crippen LogP) is 2.95. The molecular formula is C14H17BrN2O2. The first kappa shape index (κ1) is 15.7. The molecule has 0 heterocycles. The molecule has 0 bridgehead atoms. The van der Waals surface area contributed by atoms with Gasteiger partial charge in [0.2, 0.25) is 5.91 Å². The van der Waals surface area contributed by atoms with E-state index < -0.39 is 6.04 Å². The van der Waals surface area contributed by atoms with Crippen molar-refractivity contribution in [2.45, 2.75) is 32.4 Å². The second-order valence-electron chi connectivity index (χ2n) is 4.21. The van der Waals surface area contributed by atoms with Gasteiger partial charge in [0.05, 0.1) is 12.2 Å². The van der Waals surface area contributed by atoms with E-state index in [1.807, 2.05) is 32.0 Å². The zero-order valence-corrected chi connectivity index (χ0v) is 12.6. The van der Waals surface area contributed by atoms with Gasteiger partial charge in [0.1, 0.15) is 12.6 Å². The molecule has 0 spiro atoms. The van der Waals surface area contributed by atoms with Crippen LogP contribution in [0.25, 0.3) is 0 Å². The molecule has 1 N–H and O–H groups in total. The fourth-order valence-electron chi connectivity index (χ4n) is 1.41. The minimum atomic E-state index is -0.662. The lowest BCUT2D eigenvalue weighted by atomic mass is 10.1. The Hall–Kier alpha value is -1.38. The molecule has 0 radical (unpaired) electrons. The molecule has 0 aromatic heterocycles. The van der Waals surface area contributed by atoms with Crippen LogP contribution in [-0.4, -0.2) is 18.6 Å². The summed E-state index contributed by atoms with van der Waals surface area (Å²) in [6, 6.07) is 8.71. The minimum Gasteiger partial charge on any atom is -0.369 e. The maximum absolute atomic E-state index is 11.7. The van der Waals surface area contributed by atoms with Crippen LogP contribution in [0, 0.1) is 11.3 Å². The highest BCUT2D eigenvalue weighted by Gasteiger charge is 2.14. The average Bonchev–Trinajstić information content (AvgIpc) is 2.42. The van der Waals surface area contributed by atoms with Gasteiger partial charge in [-0.3, -0.25) is 4.79 Å². The van der Waals surface area contributed by atoms with Gasteiger partial charge in [0.15, 0.2) is 0 Å². The SMILES string of the molecule is CCC(C)OCC(=O)NC(C#N)c1cccc(Br)c1. The third-order valence-corrected chi connectivity index (χ3v) is 3.18. The van der Waals surface area contributed by atoms with E-state index in [2.05, 4.69) is 27.3 Å². The Morgan fingerprint density at radius 1 is 1.58 bits per heavy atom. The van der Waals surface area contributed by atoms with Crippen molar-refractivity contribution in [2.24, 2.45) is 0 Å². The molecule has 2 unspecified atom stereocenters. The molecule has 4 nitrogen and oxygen atoms in total. The molecule has 0 aliphatic carbocycles. The van der Waals surface area contributed by atoms with Crippen LogP contribution in [0.4, 0.5) is 0 Å². The lowest BCUT2D eigenvalue weighted by molar-refractivity contribution is -0.127. The molecule has 19 heavy (non-hydrogen) atoms. The van der Waals surface area contributed by atoms with Crippen molar-refractivity contribution in [3.05, 3.63) is 34.3 Å². The topological polar surface area (TPSA) is 62.1 Å². The Morgan fingerprint density at radius 3 is 2.89 bits per heavy atom. The van der Waals surface area contributed by atoms with Crippen LogP contribution >= 0.6 is 15.9 Å². The summed E-state index contributed by atoms with van der Waals surface area (Å²) in [6.45, 7) is 3.87. The monoisotopic (exact) mass is 324 g/mol. The number of carbonyl (C=O) groups is 1. The van der Waals surface area contributed by atoms with Crippen LogP contribution < -0.4 is 5.32 Å². The molecule has 1 amide bonds. The fourth-order valence-corrected chi connectivity index (χ4v) is 1.83. The molecule has 0 aliphatic rings. The Morgan fingerprint density at radius 2 is 2.32 bits per heavy atom. The summed E-state index contributed by atoms with van der Waals surface area (Å²) in [5.41, 5.74) is 0.744. The van der Waals surface area contributed by atoms with Gasteiger partial charge in [-0.1, -0.05) is 35.0 Å². The highest BCUT2D eigenvalue weighted by Crippen LogP contribution is 2.17. The first-order valence-electron chi connectivity index (χ1n) is 6.12. The summed E-state index contributed by atoms with van der Waals surface area (Å²) >= 11 is 3.34. The third-order valence-electron chi connectivity index (χ3n) is 2.69. The van der Waals surface area contributed by atoms with E-state index in [4.69, 9.17) is 10.00 Å². The summed E-state index contributed by atoms with van der Waals surface area (Å²) in [5, 5.41) is 11.8. The number of nitrogens with zero attached hydrogens (tertiary/aromatic N) is 1. The molecule has 0 aliphatic heterocycles. The summed E-state index contributed by atoms with van der Waals surface area (Å²) in [5.74, 6) is -0.285. The van der Waals surface area contributed by atoms with Crippen LogP contribution in [0.1, 0.15) is 31.9 Å². The molecule has 0 saturated heterocycles. The summed E-state index contributed by atoms with van der Waals surface area (Å²) < 4.78 is 6.20. The van der Waals surface area contributed by atoms with Crippen LogP contribution in [0.3, 0.4) is 0 Å². The maximum atomic E-state index is 11.7. The first-order chi connectivity index (χ1) is 9.06.